The van der Waals surface area contributed by atoms with Crippen molar-refractivity contribution in [3.05, 3.63) is 23.7 Å². The highest BCUT2D eigenvalue weighted by molar-refractivity contribution is 7.16. The Hall–Kier alpha value is -2.15. The van der Waals surface area contributed by atoms with Crippen LogP contribution in [0.2, 0.25) is 0 Å². The average molecular weight is 344 g/mol. The zero-order valence-electron chi connectivity index (χ0n) is 13.4. The third kappa shape index (κ3) is 3.21. The van der Waals surface area contributed by atoms with E-state index >= 15 is 0 Å². The van der Waals surface area contributed by atoms with E-state index in [9.17, 15) is 9.59 Å². The van der Waals surface area contributed by atoms with E-state index in [1.807, 2.05) is 23.1 Å². The molecule has 1 N–H and O–H groups in total. The third-order valence-corrected chi connectivity index (χ3v) is 5.41. The van der Waals surface area contributed by atoms with Gasteiger partial charge in [0.05, 0.1) is 15.7 Å². The van der Waals surface area contributed by atoms with E-state index in [0.717, 1.165) is 41.7 Å². The molecule has 126 valence electrons. The van der Waals surface area contributed by atoms with E-state index in [0.29, 0.717) is 19.6 Å². The summed E-state index contributed by atoms with van der Waals surface area (Å²) >= 11 is 1.58. The van der Waals surface area contributed by atoms with Gasteiger partial charge in [-0.05, 0) is 37.5 Å². The van der Waals surface area contributed by atoms with Crippen molar-refractivity contribution in [1.29, 1.82) is 0 Å². The zero-order chi connectivity index (χ0) is 16.5. The molecule has 0 spiro atoms. The zero-order valence-corrected chi connectivity index (χ0v) is 14.2. The van der Waals surface area contributed by atoms with Gasteiger partial charge in [-0.25, -0.2) is 9.78 Å². The molecular weight excluding hydrogens is 324 g/mol. The minimum Gasteiger partial charge on any atom is -0.341 e. The number of anilines is 1. The van der Waals surface area contributed by atoms with E-state index in [1.165, 1.54) is 0 Å². The van der Waals surface area contributed by atoms with E-state index in [4.69, 9.17) is 0 Å². The predicted octanol–water partition coefficient (Wildman–Crippen LogP) is 2.77. The van der Waals surface area contributed by atoms with Crippen LogP contribution in [0.25, 0.3) is 10.2 Å². The summed E-state index contributed by atoms with van der Waals surface area (Å²) < 4.78 is 1.11. The number of thiazole rings is 1. The van der Waals surface area contributed by atoms with Crippen molar-refractivity contribution in [3.63, 3.8) is 0 Å². The van der Waals surface area contributed by atoms with Crippen molar-refractivity contribution in [3.8, 4) is 0 Å². The fraction of sp³-hybridized carbons (Fsp3) is 0.471. The van der Waals surface area contributed by atoms with Crippen LogP contribution in [0.5, 0.6) is 0 Å². The molecule has 1 saturated heterocycles. The van der Waals surface area contributed by atoms with Gasteiger partial charge in [-0.1, -0.05) is 0 Å². The Kier molecular flexibility index (Phi) is 4.10. The maximum Gasteiger partial charge on any atom is 0.321 e. The summed E-state index contributed by atoms with van der Waals surface area (Å²) in [7, 11) is 0. The smallest absolute Gasteiger partial charge is 0.321 e. The number of hydrogen-bond acceptors (Lipinski definition) is 4. The molecule has 7 heteroatoms. The van der Waals surface area contributed by atoms with Crippen LogP contribution < -0.4 is 5.32 Å². The maximum absolute atomic E-state index is 12.5. The Morgan fingerprint density at radius 2 is 1.92 bits per heavy atom. The Bertz CT molecular complexity index is 771. The number of carbonyl (C=O) groups excluding carboxylic acids is 2. The molecule has 2 aromatic rings. The molecule has 0 atom stereocenters. The average Bonchev–Trinajstić information content (AvgIpc) is 3.37. The molecule has 3 amide bonds. The van der Waals surface area contributed by atoms with Crippen molar-refractivity contribution in [2.45, 2.75) is 19.3 Å². The lowest BCUT2D eigenvalue weighted by atomic mass is 10.3. The molecule has 1 aliphatic carbocycles. The first-order chi connectivity index (χ1) is 11.7. The SMILES string of the molecule is O=C(Nc1ccc2scnc2c1)N1CCCN(C(=O)C2CC2)CC1. The Labute approximate surface area is 144 Å². The number of hydrogen-bond donors (Lipinski definition) is 1. The molecule has 1 aromatic carbocycles. The number of carbonyl (C=O) groups is 2. The van der Waals surface area contributed by atoms with E-state index < -0.39 is 0 Å². The summed E-state index contributed by atoms with van der Waals surface area (Å²) in [5.41, 5.74) is 3.46. The van der Waals surface area contributed by atoms with Crippen molar-refractivity contribution in [2.75, 3.05) is 31.5 Å². The van der Waals surface area contributed by atoms with Gasteiger partial charge in [-0.2, -0.15) is 0 Å². The summed E-state index contributed by atoms with van der Waals surface area (Å²) in [6.07, 6.45) is 2.88. The van der Waals surface area contributed by atoms with Gasteiger partial charge in [0.1, 0.15) is 0 Å². The molecule has 1 aromatic heterocycles. The van der Waals surface area contributed by atoms with Gasteiger partial charge in [-0.15, -0.1) is 11.3 Å². The minimum atomic E-state index is -0.106. The van der Waals surface area contributed by atoms with Crippen molar-refractivity contribution in [1.82, 2.24) is 14.8 Å². The largest absolute Gasteiger partial charge is 0.341 e. The van der Waals surface area contributed by atoms with E-state index in [-0.39, 0.29) is 17.9 Å². The van der Waals surface area contributed by atoms with Crippen LogP contribution in [0.15, 0.2) is 23.7 Å². The number of amides is 3. The van der Waals surface area contributed by atoms with Gasteiger partial charge in [0.25, 0.3) is 0 Å². The van der Waals surface area contributed by atoms with Gasteiger partial charge in [-0.3, -0.25) is 4.79 Å². The Balaban J connectivity index is 1.37. The second-order valence-corrected chi connectivity index (χ2v) is 7.29. The second kappa shape index (κ2) is 6.39. The number of nitrogens with one attached hydrogen (secondary N) is 1. The molecule has 0 radical (unpaired) electrons. The van der Waals surface area contributed by atoms with Crippen molar-refractivity contribution < 1.29 is 9.59 Å². The fourth-order valence-electron chi connectivity index (χ4n) is 3.07. The number of benzene rings is 1. The second-order valence-electron chi connectivity index (χ2n) is 6.41. The molecule has 1 saturated carbocycles. The Morgan fingerprint density at radius 1 is 1.12 bits per heavy atom. The molecule has 2 fully saturated rings. The molecule has 2 aliphatic rings. The quantitative estimate of drug-likeness (QED) is 0.911. The van der Waals surface area contributed by atoms with Crippen molar-refractivity contribution >= 4 is 39.2 Å². The van der Waals surface area contributed by atoms with Crippen molar-refractivity contribution in [2.24, 2.45) is 5.92 Å². The normalized spacial score (nSPS) is 18.5. The Morgan fingerprint density at radius 3 is 2.75 bits per heavy atom. The molecule has 6 nitrogen and oxygen atoms in total. The number of fused-ring (bicyclic) bond motifs is 1. The van der Waals surface area contributed by atoms with E-state index in [2.05, 4.69) is 10.3 Å². The molecule has 24 heavy (non-hydrogen) atoms. The molecule has 4 rings (SSSR count). The van der Waals surface area contributed by atoms with Crippen LogP contribution in [-0.2, 0) is 4.79 Å². The van der Waals surface area contributed by atoms with E-state index in [1.54, 1.807) is 21.7 Å². The van der Waals surface area contributed by atoms with Crippen LogP contribution in [0.3, 0.4) is 0 Å². The molecule has 0 bridgehead atoms. The number of aromatic nitrogens is 1. The van der Waals surface area contributed by atoms with Gasteiger partial charge in [0, 0.05) is 37.8 Å². The maximum atomic E-state index is 12.5. The first-order valence-corrected chi connectivity index (χ1v) is 9.26. The van der Waals surface area contributed by atoms with Gasteiger partial charge in [0.15, 0.2) is 0 Å². The first kappa shape index (κ1) is 15.4. The van der Waals surface area contributed by atoms with Crippen LogP contribution in [0, 0.1) is 5.92 Å². The summed E-state index contributed by atoms with van der Waals surface area (Å²) in [6, 6.07) is 5.66. The number of nitrogens with zero attached hydrogens (tertiary/aromatic N) is 3. The predicted molar refractivity (Wildman–Crippen MR) is 94.1 cm³/mol. The lowest BCUT2D eigenvalue weighted by Crippen LogP contribution is -2.39. The minimum absolute atomic E-state index is 0.106. The lowest BCUT2D eigenvalue weighted by Gasteiger charge is -2.22. The molecule has 2 heterocycles. The van der Waals surface area contributed by atoms with Crippen LogP contribution in [0.1, 0.15) is 19.3 Å². The summed E-state index contributed by atoms with van der Waals surface area (Å²) in [5, 5.41) is 2.95. The molecule has 0 unspecified atom stereocenters. The van der Waals surface area contributed by atoms with Crippen LogP contribution in [0.4, 0.5) is 10.5 Å². The number of rotatable bonds is 2. The number of urea groups is 1. The monoisotopic (exact) mass is 344 g/mol. The van der Waals surface area contributed by atoms with Crippen LogP contribution >= 0.6 is 11.3 Å². The van der Waals surface area contributed by atoms with Gasteiger partial charge in [0.2, 0.25) is 5.91 Å². The highest BCUT2D eigenvalue weighted by Gasteiger charge is 2.34. The van der Waals surface area contributed by atoms with Crippen LogP contribution in [-0.4, -0.2) is 52.9 Å². The lowest BCUT2D eigenvalue weighted by molar-refractivity contribution is -0.132. The summed E-state index contributed by atoms with van der Waals surface area (Å²) in [4.78, 5) is 32.7. The fourth-order valence-corrected chi connectivity index (χ4v) is 3.73. The topological polar surface area (TPSA) is 65.5 Å². The third-order valence-electron chi connectivity index (χ3n) is 4.60. The summed E-state index contributed by atoms with van der Waals surface area (Å²) in [5.74, 6) is 0.515. The highest BCUT2D eigenvalue weighted by Crippen LogP contribution is 2.31. The van der Waals surface area contributed by atoms with Gasteiger partial charge >= 0.3 is 6.03 Å². The molecular formula is C17H20N4O2S. The highest BCUT2D eigenvalue weighted by atomic mass is 32.1. The van der Waals surface area contributed by atoms with Gasteiger partial charge < -0.3 is 15.1 Å². The first-order valence-electron chi connectivity index (χ1n) is 8.39. The summed E-state index contributed by atoms with van der Waals surface area (Å²) in [6.45, 7) is 2.65. The molecule has 1 aliphatic heterocycles. The standard InChI is InChI=1S/C17H20N4O2S/c22-16(12-2-3-12)20-6-1-7-21(9-8-20)17(23)19-13-4-5-15-14(10-13)18-11-24-15/h4-5,10-12H,1-3,6-9H2,(H,19,23).